The molecule has 9 heteroatoms. The van der Waals surface area contributed by atoms with E-state index in [1.54, 1.807) is 0 Å². The van der Waals surface area contributed by atoms with E-state index in [1.165, 1.54) is 0 Å². The van der Waals surface area contributed by atoms with E-state index in [2.05, 4.69) is 6.92 Å². The topological polar surface area (TPSA) is 20.3 Å². The Labute approximate surface area is 137 Å². The van der Waals surface area contributed by atoms with Gasteiger partial charge in [-0.05, 0) is 6.42 Å². The third kappa shape index (κ3) is 6.12. The van der Waals surface area contributed by atoms with Gasteiger partial charge < -0.3 is 4.90 Å². The minimum atomic E-state index is -6.49. The molecular formula is C15H24F7NO. The highest BCUT2D eigenvalue weighted by Crippen LogP contribution is 2.47. The summed E-state index contributed by atoms with van der Waals surface area (Å²) in [5, 5.41) is 0. The lowest BCUT2D eigenvalue weighted by atomic mass is 10.1. The zero-order valence-corrected chi connectivity index (χ0v) is 13.9. The van der Waals surface area contributed by atoms with Crippen LogP contribution in [0.1, 0.15) is 58.3 Å². The van der Waals surface area contributed by atoms with Crippen molar-refractivity contribution in [1.82, 2.24) is 4.90 Å². The molecular weight excluding hydrogens is 343 g/mol. The lowest BCUT2D eigenvalue weighted by Crippen LogP contribution is -2.59. The zero-order chi connectivity index (χ0) is 19.0. The molecule has 0 saturated heterocycles. The molecule has 1 amide bonds. The second kappa shape index (κ2) is 9.46. The van der Waals surface area contributed by atoms with Gasteiger partial charge in [-0.1, -0.05) is 51.9 Å². The molecule has 0 aromatic rings. The first-order chi connectivity index (χ1) is 10.9. The average Bonchev–Trinajstić information content (AvgIpc) is 2.47. The highest BCUT2D eigenvalue weighted by molar-refractivity contribution is 5.84. The van der Waals surface area contributed by atoms with Gasteiger partial charge in [0.1, 0.15) is 0 Å². The van der Waals surface area contributed by atoms with Gasteiger partial charge in [-0.2, -0.15) is 30.7 Å². The Morgan fingerprint density at radius 3 is 1.62 bits per heavy atom. The van der Waals surface area contributed by atoms with Crippen LogP contribution in [0.4, 0.5) is 30.7 Å². The number of nitrogens with zero attached hydrogens (tertiary/aromatic N) is 1. The summed E-state index contributed by atoms with van der Waals surface area (Å²) in [6.07, 6.45) is 0.427. The molecule has 0 aromatic heterocycles. The van der Waals surface area contributed by atoms with E-state index in [0.29, 0.717) is 6.42 Å². The number of alkyl halides is 7. The van der Waals surface area contributed by atoms with Gasteiger partial charge in [0.2, 0.25) is 0 Å². The minimum absolute atomic E-state index is 0.233. The minimum Gasteiger partial charge on any atom is -0.340 e. The summed E-state index contributed by atoms with van der Waals surface area (Å²) in [5.74, 6) is -14.7. The van der Waals surface area contributed by atoms with Crippen LogP contribution < -0.4 is 0 Å². The van der Waals surface area contributed by atoms with Gasteiger partial charge in [-0.3, -0.25) is 4.79 Å². The third-order valence-corrected chi connectivity index (χ3v) is 3.71. The van der Waals surface area contributed by atoms with Crippen molar-refractivity contribution in [2.24, 2.45) is 0 Å². The monoisotopic (exact) mass is 367 g/mol. The highest BCUT2D eigenvalue weighted by Gasteiger charge is 2.76. The van der Waals surface area contributed by atoms with E-state index < -0.39 is 23.9 Å². The van der Waals surface area contributed by atoms with E-state index in [9.17, 15) is 35.5 Å². The van der Waals surface area contributed by atoms with Crippen LogP contribution in [0.5, 0.6) is 0 Å². The summed E-state index contributed by atoms with van der Waals surface area (Å²) in [5.41, 5.74) is 0. The number of hydrogen-bond acceptors (Lipinski definition) is 1. The number of carbonyl (C=O) groups excluding carboxylic acids is 1. The summed E-state index contributed by atoms with van der Waals surface area (Å²) in [6.45, 7) is 1.78. The molecule has 0 atom stereocenters. The van der Waals surface area contributed by atoms with Gasteiger partial charge in [0.15, 0.2) is 0 Å². The van der Waals surface area contributed by atoms with Gasteiger partial charge in [0.05, 0.1) is 0 Å². The zero-order valence-electron chi connectivity index (χ0n) is 13.9. The lowest BCUT2D eigenvalue weighted by molar-refractivity contribution is -0.345. The molecule has 0 aliphatic rings. The number of rotatable bonds is 11. The van der Waals surface area contributed by atoms with E-state index in [4.69, 9.17) is 0 Å². The van der Waals surface area contributed by atoms with Crippen LogP contribution in [0.25, 0.3) is 0 Å². The molecule has 0 saturated carbocycles. The molecule has 0 spiro atoms. The Morgan fingerprint density at radius 1 is 0.792 bits per heavy atom. The van der Waals surface area contributed by atoms with Crippen LogP contribution >= 0.6 is 0 Å². The fourth-order valence-electron chi connectivity index (χ4n) is 2.14. The maximum atomic E-state index is 13.2. The largest absolute Gasteiger partial charge is 0.460 e. The van der Waals surface area contributed by atoms with Crippen molar-refractivity contribution >= 4 is 5.91 Å². The molecule has 0 fully saturated rings. The average molecular weight is 367 g/mol. The molecule has 0 heterocycles. The van der Waals surface area contributed by atoms with E-state index >= 15 is 0 Å². The molecule has 24 heavy (non-hydrogen) atoms. The fraction of sp³-hybridized carbons (Fsp3) is 0.933. The van der Waals surface area contributed by atoms with Crippen molar-refractivity contribution in [3.8, 4) is 0 Å². The first kappa shape index (κ1) is 23.0. The van der Waals surface area contributed by atoms with Gasteiger partial charge in [-0.15, -0.1) is 0 Å². The maximum absolute atomic E-state index is 13.2. The van der Waals surface area contributed by atoms with Crippen LogP contribution in [0.2, 0.25) is 0 Å². The Balaban J connectivity index is 4.32. The molecule has 0 radical (unpaired) electrons. The molecule has 144 valence electrons. The SMILES string of the molecule is CCCCCCCCCCN(C)C(=O)C(F)(F)C(F)(F)C(F)(F)F. The number of hydrogen-bond donors (Lipinski definition) is 0. The summed E-state index contributed by atoms with van der Waals surface area (Å²) >= 11 is 0. The molecule has 0 rings (SSSR count). The molecule has 2 nitrogen and oxygen atoms in total. The van der Waals surface area contributed by atoms with Crippen molar-refractivity contribution in [2.75, 3.05) is 13.6 Å². The summed E-state index contributed by atoms with van der Waals surface area (Å²) in [7, 11) is 0.796. The van der Waals surface area contributed by atoms with E-state index in [1.807, 2.05) is 0 Å². The molecule has 0 aliphatic heterocycles. The molecule has 0 aliphatic carbocycles. The molecule has 0 unspecified atom stereocenters. The van der Waals surface area contributed by atoms with Gasteiger partial charge >= 0.3 is 18.0 Å². The fourth-order valence-corrected chi connectivity index (χ4v) is 2.14. The van der Waals surface area contributed by atoms with Crippen molar-refractivity contribution in [3.63, 3.8) is 0 Å². The maximum Gasteiger partial charge on any atom is 0.460 e. The predicted molar refractivity (Wildman–Crippen MR) is 76.2 cm³/mol. The Kier molecular flexibility index (Phi) is 9.06. The first-order valence-corrected chi connectivity index (χ1v) is 7.97. The van der Waals surface area contributed by atoms with Crippen LogP contribution in [0, 0.1) is 0 Å². The second-order valence-corrected chi connectivity index (χ2v) is 5.85. The number of carbonyl (C=O) groups is 1. The number of halogens is 7. The van der Waals surface area contributed by atoms with Crippen molar-refractivity contribution in [3.05, 3.63) is 0 Å². The second-order valence-electron chi connectivity index (χ2n) is 5.85. The smallest absolute Gasteiger partial charge is 0.340 e. The first-order valence-electron chi connectivity index (χ1n) is 7.97. The van der Waals surface area contributed by atoms with E-state index in [0.717, 1.165) is 45.6 Å². The molecule has 0 aromatic carbocycles. The molecule has 0 bridgehead atoms. The van der Waals surface area contributed by atoms with Crippen LogP contribution in [0.15, 0.2) is 0 Å². The van der Waals surface area contributed by atoms with Gasteiger partial charge in [-0.25, -0.2) is 0 Å². The van der Waals surface area contributed by atoms with Crippen LogP contribution in [-0.2, 0) is 4.79 Å². The van der Waals surface area contributed by atoms with Crippen LogP contribution in [0.3, 0.4) is 0 Å². The summed E-state index contributed by atoms with van der Waals surface area (Å²) in [6, 6.07) is 0. The summed E-state index contributed by atoms with van der Waals surface area (Å²) in [4.78, 5) is 11.5. The van der Waals surface area contributed by atoms with Crippen molar-refractivity contribution in [1.29, 1.82) is 0 Å². The van der Waals surface area contributed by atoms with Crippen molar-refractivity contribution < 1.29 is 35.5 Å². The Bertz CT molecular complexity index is 383. The number of unbranched alkanes of at least 4 members (excludes halogenated alkanes) is 7. The number of amides is 1. The normalized spacial score (nSPS) is 13.2. The summed E-state index contributed by atoms with van der Waals surface area (Å²) < 4.78 is 88.1. The van der Waals surface area contributed by atoms with Crippen molar-refractivity contribution in [2.45, 2.75) is 76.3 Å². The Morgan fingerprint density at radius 2 is 1.21 bits per heavy atom. The Hall–Kier alpha value is -1.02. The standard InChI is InChI=1S/C15H24F7NO/c1-3-4-5-6-7-8-9-10-11-23(2)12(24)13(16,17)14(18,19)15(20,21)22/h3-11H2,1-2H3. The quantitative estimate of drug-likeness (QED) is 0.353. The van der Waals surface area contributed by atoms with Gasteiger partial charge in [0, 0.05) is 13.6 Å². The molecule has 0 N–H and O–H groups in total. The van der Waals surface area contributed by atoms with Gasteiger partial charge in [0.25, 0.3) is 5.91 Å². The van der Waals surface area contributed by atoms with Crippen LogP contribution in [-0.4, -0.2) is 42.4 Å². The predicted octanol–water partition coefficient (Wildman–Crippen LogP) is 5.42. The lowest BCUT2D eigenvalue weighted by Gasteiger charge is -2.30. The third-order valence-electron chi connectivity index (χ3n) is 3.71. The highest BCUT2D eigenvalue weighted by atomic mass is 19.4. The van der Waals surface area contributed by atoms with E-state index in [-0.39, 0.29) is 17.9 Å².